The van der Waals surface area contributed by atoms with Crippen molar-refractivity contribution in [2.45, 2.75) is 65.2 Å². The smallest absolute Gasteiger partial charge is 0.194 e. The lowest BCUT2D eigenvalue weighted by Crippen LogP contribution is -2.13. The van der Waals surface area contributed by atoms with Gasteiger partial charge in [-0.05, 0) is 74.4 Å². The second-order valence-electron chi connectivity index (χ2n) is 8.52. The molecule has 2 aromatic carbocycles. The number of benzene rings is 2. The minimum absolute atomic E-state index is 0.100. The van der Waals surface area contributed by atoms with Crippen molar-refractivity contribution in [1.82, 2.24) is 0 Å². The lowest BCUT2D eigenvalue weighted by atomic mass is 9.80. The van der Waals surface area contributed by atoms with E-state index in [9.17, 15) is 13.2 Å². The van der Waals surface area contributed by atoms with Gasteiger partial charge >= 0.3 is 0 Å². The zero-order chi connectivity index (χ0) is 22.2. The summed E-state index contributed by atoms with van der Waals surface area (Å²) in [5.41, 5.74) is 2.82. The van der Waals surface area contributed by atoms with Crippen LogP contribution in [0.4, 0.5) is 13.2 Å². The van der Waals surface area contributed by atoms with Gasteiger partial charge in [0.1, 0.15) is 0 Å². The molecule has 0 bridgehead atoms. The number of rotatable bonds is 4. The molecule has 0 radical (unpaired) electrons. The Morgan fingerprint density at radius 2 is 1.52 bits per heavy atom. The third kappa shape index (κ3) is 6.67. The summed E-state index contributed by atoms with van der Waals surface area (Å²) in [6.07, 6.45) is 10.3. The molecule has 3 heteroatoms. The van der Waals surface area contributed by atoms with Gasteiger partial charge in [-0.3, -0.25) is 0 Å². The van der Waals surface area contributed by atoms with Crippen molar-refractivity contribution in [2.24, 2.45) is 11.8 Å². The fourth-order valence-corrected chi connectivity index (χ4v) is 4.11. The second kappa shape index (κ2) is 11.1. The maximum absolute atomic E-state index is 13.3. The molecule has 0 amide bonds. The van der Waals surface area contributed by atoms with Crippen LogP contribution in [0.25, 0.3) is 0 Å². The zero-order valence-corrected chi connectivity index (χ0v) is 18.3. The van der Waals surface area contributed by atoms with E-state index >= 15 is 0 Å². The lowest BCUT2D eigenvalue weighted by molar-refractivity contribution is 0.294. The van der Waals surface area contributed by atoms with Gasteiger partial charge in [0.15, 0.2) is 17.5 Å². The Morgan fingerprint density at radius 1 is 0.839 bits per heavy atom. The van der Waals surface area contributed by atoms with Gasteiger partial charge < -0.3 is 0 Å². The van der Waals surface area contributed by atoms with E-state index < -0.39 is 17.5 Å². The topological polar surface area (TPSA) is 0 Å². The molecule has 0 atom stereocenters. The van der Waals surface area contributed by atoms with E-state index in [0.717, 1.165) is 34.7 Å². The van der Waals surface area contributed by atoms with Crippen molar-refractivity contribution in [3.05, 3.63) is 70.0 Å². The van der Waals surface area contributed by atoms with E-state index in [1.54, 1.807) is 0 Å². The molecule has 3 rings (SSSR count). The molecule has 1 fully saturated rings. The first-order chi connectivity index (χ1) is 15.0. The number of halogens is 3. The summed E-state index contributed by atoms with van der Waals surface area (Å²) in [6.45, 7) is 4.23. The van der Waals surface area contributed by atoms with E-state index in [2.05, 4.69) is 30.6 Å². The second-order valence-corrected chi connectivity index (χ2v) is 8.52. The molecule has 0 N–H and O–H groups in total. The molecular formula is C28H29F3. The maximum Gasteiger partial charge on any atom is 0.194 e. The lowest BCUT2D eigenvalue weighted by Gasteiger charge is -2.25. The summed E-state index contributed by atoms with van der Waals surface area (Å²) < 4.78 is 39.7. The molecule has 1 aliphatic rings. The van der Waals surface area contributed by atoms with Gasteiger partial charge in [-0.15, -0.1) is 0 Å². The first kappa shape index (κ1) is 23.0. The molecule has 0 heterocycles. The van der Waals surface area contributed by atoms with Gasteiger partial charge in [0, 0.05) is 22.6 Å². The third-order valence-electron chi connectivity index (χ3n) is 6.04. The number of aryl methyl sites for hydroxylation is 1. The van der Waals surface area contributed by atoms with Crippen molar-refractivity contribution < 1.29 is 13.2 Å². The Kier molecular flexibility index (Phi) is 8.25. The van der Waals surface area contributed by atoms with Crippen LogP contribution in [-0.4, -0.2) is 0 Å². The quantitative estimate of drug-likeness (QED) is 0.271. The molecule has 0 aromatic heterocycles. The molecular weight excluding hydrogens is 393 g/mol. The fraction of sp³-hybridized carbons (Fsp3) is 0.429. The van der Waals surface area contributed by atoms with Crippen molar-refractivity contribution >= 4 is 0 Å². The van der Waals surface area contributed by atoms with Crippen LogP contribution in [0.5, 0.6) is 0 Å². The SMILES string of the molecule is CCCCCC1CCC(C#Cc2ccc(C#Cc3cc(F)c(F)c(F)c3)cc2C)CC1. The van der Waals surface area contributed by atoms with Gasteiger partial charge in [0.05, 0.1) is 0 Å². The summed E-state index contributed by atoms with van der Waals surface area (Å²) >= 11 is 0. The standard InChI is InChI=1S/C28H29F3/c1-3-4-5-6-21-7-9-22(10-8-21)13-15-25-16-14-23(17-20(25)2)11-12-24-18-26(29)28(31)27(30)19-24/h14,16-19,21-22H,3-10H2,1-2H3. The van der Waals surface area contributed by atoms with Gasteiger partial charge in [0.25, 0.3) is 0 Å². The molecule has 31 heavy (non-hydrogen) atoms. The summed E-state index contributed by atoms with van der Waals surface area (Å²) in [7, 11) is 0. The van der Waals surface area contributed by atoms with Crippen LogP contribution in [-0.2, 0) is 0 Å². The van der Waals surface area contributed by atoms with Crippen LogP contribution < -0.4 is 0 Å². The van der Waals surface area contributed by atoms with Crippen LogP contribution in [0, 0.1) is 59.9 Å². The van der Waals surface area contributed by atoms with Gasteiger partial charge in [0.2, 0.25) is 0 Å². The van der Waals surface area contributed by atoms with Crippen LogP contribution >= 0.6 is 0 Å². The van der Waals surface area contributed by atoms with E-state index in [0.29, 0.717) is 5.92 Å². The normalized spacial score (nSPS) is 18.0. The van der Waals surface area contributed by atoms with E-state index in [1.165, 1.54) is 51.4 Å². The molecule has 0 aliphatic heterocycles. The Hall–Kier alpha value is -2.65. The largest absolute Gasteiger partial charge is 0.204 e. The van der Waals surface area contributed by atoms with E-state index in [1.807, 2.05) is 25.1 Å². The highest BCUT2D eigenvalue weighted by Gasteiger charge is 2.19. The highest BCUT2D eigenvalue weighted by Crippen LogP contribution is 2.31. The minimum atomic E-state index is -1.48. The van der Waals surface area contributed by atoms with Crippen LogP contribution in [0.3, 0.4) is 0 Å². The summed E-state index contributed by atoms with van der Waals surface area (Å²) in [4.78, 5) is 0. The highest BCUT2D eigenvalue weighted by atomic mass is 19.2. The van der Waals surface area contributed by atoms with Gasteiger partial charge in [-0.1, -0.05) is 56.3 Å². The first-order valence-corrected chi connectivity index (χ1v) is 11.2. The fourth-order valence-electron chi connectivity index (χ4n) is 4.11. The van der Waals surface area contributed by atoms with Crippen LogP contribution in [0.15, 0.2) is 30.3 Å². The average Bonchev–Trinajstić information content (AvgIpc) is 2.76. The predicted molar refractivity (Wildman–Crippen MR) is 120 cm³/mol. The molecule has 0 saturated heterocycles. The number of hydrogen-bond acceptors (Lipinski definition) is 0. The Balaban J connectivity index is 1.60. The van der Waals surface area contributed by atoms with Gasteiger partial charge in [-0.25, -0.2) is 13.2 Å². The zero-order valence-electron chi connectivity index (χ0n) is 18.3. The van der Waals surface area contributed by atoms with Crippen molar-refractivity contribution in [2.75, 3.05) is 0 Å². The molecule has 2 aromatic rings. The minimum Gasteiger partial charge on any atom is -0.204 e. The molecule has 1 aliphatic carbocycles. The Bertz CT molecular complexity index is 999. The van der Waals surface area contributed by atoms with Crippen molar-refractivity contribution in [3.63, 3.8) is 0 Å². The summed E-state index contributed by atoms with van der Waals surface area (Å²) in [5, 5.41) is 0. The average molecular weight is 423 g/mol. The summed E-state index contributed by atoms with van der Waals surface area (Å²) in [5.74, 6) is 9.77. The van der Waals surface area contributed by atoms with E-state index in [-0.39, 0.29) is 5.56 Å². The highest BCUT2D eigenvalue weighted by molar-refractivity contribution is 5.49. The Labute approximate surface area is 184 Å². The number of unbranched alkanes of at least 4 members (excludes halogenated alkanes) is 2. The van der Waals surface area contributed by atoms with Crippen molar-refractivity contribution in [3.8, 4) is 23.7 Å². The number of hydrogen-bond donors (Lipinski definition) is 0. The van der Waals surface area contributed by atoms with Crippen LogP contribution in [0.2, 0.25) is 0 Å². The molecule has 0 spiro atoms. The molecule has 0 nitrogen and oxygen atoms in total. The monoisotopic (exact) mass is 422 g/mol. The molecule has 1 saturated carbocycles. The predicted octanol–water partition coefficient (Wildman–Crippen LogP) is 7.55. The summed E-state index contributed by atoms with van der Waals surface area (Å²) in [6, 6.07) is 7.50. The van der Waals surface area contributed by atoms with E-state index in [4.69, 9.17) is 0 Å². The van der Waals surface area contributed by atoms with Crippen LogP contribution in [0.1, 0.15) is 80.5 Å². The first-order valence-electron chi connectivity index (χ1n) is 11.2. The Morgan fingerprint density at radius 3 is 2.16 bits per heavy atom. The van der Waals surface area contributed by atoms with Gasteiger partial charge in [-0.2, -0.15) is 0 Å². The molecule has 0 unspecified atom stereocenters. The molecule has 162 valence electrons. The van der Waals surface area contributed by atoms with Crippen molar-refractivity contribution in [1.29, 1.82) is 0 Å². The third-order valence-corrected chi connectivity index (χ3v) is 6.04. The maximum atomic E-state index is 13.3.